The van der Waals surface area contributed by atoms with Crippen molar-refractivity contribution in [3.05, 3.63) is 212 Å². The van der Waals surface area contributed by atoms with E-state index in [0.29, 0.717) is 17.5 Å². The summed E-state index contributed by atoms with van der Waals surface area (Å²) >= 11 is 1.79. The Hall–Kier alpha value is -7.79. The molecule has 12 rings (SSSR count). The van der Waals surface area contributed by atoms with E-state index < -0.39 is 0 Å². The molecule has 3 nitrogen and oxygen atoms in total. The van der Waals surface area contributed by atoms with Gasteiger partial charge in [-0.2, -0.15) is 0 Å². The van der Waals surface area contributed by atoms with Gasteiger partial charge >= 0.3 is 0 Å². The molecule has 0 atom stereocenters. The lowest BCUT2D eigenvalue weighted by Crippen LogP contribution is -2.02. The largest absolute Gasteiger partial charge is 0.208 e. The van der Waals surface area contributed by atoms with Gasteiger partial charge in [0.2, 0.25) is 0 Å². The average Bonchev–Trinajstić information content (AvgIpc) is 3.72. The van der Waals surface area contributed by atoms with E-state index in [1.165, 1.54) is 37.4 Å². The molecule has 4 heteroatoms. The molecule has 0 aliphatic carbocycles. The van der Waals surface area contributed by atoms with E-state index in [4.69, 9.17) is 15.0 Å². The van der Waals surface area contributed by atoms with Crippen LogP contribution in [-0.2, 0) is 0 Å². The standard InChI is InChI=1S/C57H35N3S/c1-2-13-36(14-3-1)41-19-10-20-42(33-41)43-29-28-39-18-11-24-49(51(39)35-43)55-58-56(50-25-12-23-48-47-22-8-9-26-52(47)61-54(48)50)60-57(59-55)53-45-21-7-6-16-38(45)31-32-46(53)44-30-27-37-15-4-5-17-40(37)34-44/h1-35H. The van der Waals surface area contributed by atoms with Crippen LogP contribution in [0.1, 0.15) is 0 Å². The maximum Gasteiger partial charge on any atom is 0.165 e. The molecule has 61 heavy (non-hydrogen) atoms. The number of thiophene rings is 1. The molecular formula is C57H35N3S. The minimum atomic E-state index is 0.635. The summed E-state index contributed by atoms with van der Waals surface area (Å²) in [7, 11) is 0. The van der Waals surface area contributed by atoms with Gasteiger partial charge in [0.25, 0.3) is 0 Å². The number of fused-ring (bicyclic) bond motifs is 6. The highest BCUT2D eigenvalue weighted by Crippen LogP contribution is 2.43. The number of aromatic nitrogens is 3. The van der Waals surface area contributed by atoms with Gasteiger partial charge in [0.15, 0.2) is 17.5 Å². The van der Waals surface area contributed by atoms with Crippen LogP contribution in [0.3, 0.4) is 0 Å². The third-order valence-electron chi connectivity index (χ3n) is 11.9. The molecule has 0 saturated heterocycles. The van der Waals surface area contributed by atoms with Gasteiger partial charge in [-0.25, -0.2) is 15.0 Å². The predicted octanol–water partition coefficient (Wildman–Crippen LogP) is 15.7. The van der Waals surface area contributed by atoms with E-state index in [-0.39, 0.29) is 0 Å². The minimum Gasteiger partial charge on any atom is -0.208 e. The molecule has 0 N–H and O–H groups in total. The summed E-state index contributed by atoms with van der Waals surface area (Å²) < 4.78 is 2.41. The van der Waals surface area contributed by atoms with Crippen molar-refractivity contribution in [1.29, 1.82) is 0 Å². The van der Waals surface area contributed by atoms with Crippen molar-refractivity contribution in [2.45, 2.75) is 0 Å². The molecule has 0 spiro atoms. The SMILES string of the molecule is c1ccc(-c2cccc(-c3ccc4cccc(-c5nc(-c6c(-c7ccc8ccccc8c7)ccc7ccccc67)nc(-c6cccc7c6sc6ccccc67)n5)c4c3)c2)cc1. The van der Waals surface area contributed by atoms with Crippen LogP contribution >= 0.6 is 11.3 Å². The number of hydrogen-bond donors (Lipinski definition) is 0. The molecular weight excluding hydrogens is 759 g/mol. The van der Waals surface area contributed by atoms with Gasteiger partial charge in [0.1, 0.15) is 0 Å². The molecule has 0 aliphatic rings. The lowest BCUT2D eigenvalue weighted by molar-refractivity contribution is 1.08. The topological polar surface area (TPSA) is 38.7 Å². The Bertz CT molecular complexity index is 3660. The number of nitrogens with zero attached hydrogens (tertiary/aromatic N) is 3. The van der Waals surface area contributed by atoms with Crippen LogP contribution in [-0.4, -0.2) is 15.0 Å². The Morgan fingerprint density at radius 3 is 1.72 bits per heavy atom. The van der Waals surface area contributed by atoms with Crippen LogP contribution in [0.5, 0.6) is 0 Å². The smallest absolute Gasteiger partial charge is 0.165 e. The van der Waals surface area contributed by atoms with Gasteiger partial charge in [-0.05, 0) is 96.0 Å². The summed E-state index contributed by atoms with van der Waals surface area (Å²) in [6, 6.07) is 75.9. The first kappa shape index (κ1) is 35.2. The number of rotatable bonds is 6. The zero-order chi connectivity index (χ0) is 40.3. The lowest BCUT2D eigenvalue weighted by Gasteiger charge is -2.16. The molecule has 0 aliphatic heterocycles. The Kier molecular flexibility index (Phi) is 8.36. The second kappa shape index (κ2) is 14.5. The fourth-order valence-electron chi connectivity index (χ4n) is 8.92. The highest BCUT2D eigenvalue weighted by molar-refractivity contribution is 7.26. The molecule has 0 radical (unpaired) electrons. The first-order valence-electron chi connectivity index (χ1n) is 20.6. The Balaban J connectivity index is 1.12. The highest BCUT2D eigenvalue weighted by atomic mass is 32.1. The second-order valence-electron chi connectivity index (χ2n) is 15.5. The van der Waals surface area contributed by atoms with E-state index in [9.17, 15) is 0 Å². The summed E-state index contributed by atoms with van der Waals surface area (Å²) in [5, 5.41) is 9.27. The van der Waals surface area contributed by atoms with E-state index in [2.05, 4.69) is 212 Å². The van der Waals surface area contributed by atoms with Crippen LogP contribution in [0.4, 0.5) is 0 Å². The van der Waals surface area contributed by atoms with E-state index >= 15 is 0 Å². The minimum absolute atomic E-state index is 0.635. The summed E-state index contributed by atoms with van der Waals surface area (Å²) in [5.74, 6) is 1.93. The van der Waals surface area contributed by atoms with Crippen LogP contribution in [0.2, 0.25) is 0 Å². The predicted molar refractivity (Wildman–Crippen MR) is 258 cm³/mol. The van der Waals surface area contributed by atoms with Crippen LogP contribution < -0.4 is 0 Å². The highest BCUT2D eigenvalue weighted by Gasteiger charge is 2.21. The van der Waals surface area contributed by atoms with E-state index in [1.807, 2.05) is 0 Å². The quantitative estimate of drug-likeness (QED) is 0.168. The summed E-state index contributed by atoms with van der Waals surface area (Å²) in [6.45, 7) is 0. The molecule has 2 heterocycles. The monoisotopic (exact) mass is 793 g/mol. The summed E-state index contributed by atoms with van der Waals surface area (Å²) in [5.41, 5.74) is 9.80. The van der Waals surface area contributed by atoms with Crippen molar-refractivity contribution >= 4 is 63.8 Å². The van der Waals surface area contributed by atoms with Crippen LogP contribution in [0.15, 0.2) is 212 Å². The van der Waals surface area contributed by atoms with Crippen molar-refractivity contribution < 1.29 is 0 Å². The third kappa shape index (κ3) is 6.16. The molecule has 10 aromatic carbocycles. The Morgan fingerprint density at radius 1 is 0.279 bits per heavy atom. The summed E-state index contributed by atoms with van der Waals surface area (Å²) in [4.78, 5) is 16.4. The zero-order valence-corrected chi connectivity index (χ0v) is 33.8. The van der Waals surface area contributed by atoms with Crippen molar-refractivity contribution in [2.24, 2.45) is 0 Å². The number of hydrogen-bond acceptors (Lipinski definition) is 4. The molecule has 12 aromatic rings. The van der Waals surface area contributed by atoms with Gasteiger partial charge in [-0.15, -0.1) is 11.3 Å². The zero-order valence-electron chi connectivity index (χ0n) is 33.0. The number of benzene rings is 10. The van der Waals surface area contributed by atoms with Crippen molar-refractivity contribution in [2.75, 3.05) is 0 Å². The Labute approximate surface area is 356 Å². The first-order chi connectivity index (χ1) is 30.2. The maximum atomic E-state index is 5.51. The fourth-order valence-corrected chi connectivity index (χ4v) is 10.1. The van der Waals surface area contributed by atoms with Crippen molar-refractivity contribution in [3.8, 4) is 67.5 Å². The molecule has 0 amide bonds. The molecule has 0 bridgehead atoms. The molecule has 0 saturated carbocycles. The lowest BCUT2D eigenvalue weighted by atomic mass is 9.92. The van der Waals surface area contributed by atoms with Crippen molar-refractivity contribution in [1.82, 2.24) is 15.0 Å². The van der Waals surface area contributed by atoms with Crippen molar-refractivity contribution in [3.63, 3.8) is 0 Å². The average molecular weight is 794 g/mol. The normalized spacial score (nSPS) is 11.6. The first-order valence-corrected chi connectivity index (χ1v) is 21.4. The van der Waals surface area contributed by atoms with Gasteiger partial charge < -0.3 is 0 Å². The van der Waals surface area contributed by atoms with Crippen LogP contribution in [0.25, 0.3) is 120 Å². The Morgan fingerprint density at radius 2 is 0.836 bits per heavy atom. The molecule has 2 aromatic heterocycles. The van der Waals surface area contributed by atoms with Gasteiger partial charge in [-0.1, -0.05) is 182 Å². The van der Waals surface area contributed by atoms with Crippen LogP contribution in [0, 0.1) is 0 Å². The van der Waals surface area contributed by atoms with Gasteiger partial charge in [0, 0.05) is 36.9 Å². The summed E-state index contributed by atoms with van der Waals surface area (Å²) in [6.07, 6.45) is 0. The fraction of sp³-hybridized carbons (Fsp3) is 0. The molecule has 284 valence electrons. The third-order valence-corrected chi connectivity index (χ3v) is 13.1. The second-order valence-corrected chi connectivity index (χ2v) is 16.6. The molecule has 0 unspecified atom stereocenters. The van der Waals surface area contributed by atoms with Gasteiger partial charge in [-0.3, -0.25) is 0 Å². The van der Waals surface area contributed by atoms with Gasteiger partial charge in [0.05, 0.1) is 0 Å². The van der Waals surface area contributed by atoms with E-state index in [1.54, 1.807) is 11.3 Å². The van der Waals surface area contributed by atoms with E-state index in [0.717, 1.165) is 65.2 Å². The maximum absolute atomic E-state index is 5.51. The molecule has 0 fully saturated rings.